The van der Waals surface area contributed by atoms with E-state index in [1.54, 1.807) is 23.7 Å². The summed E-state index contributed by atoms with van der Waals surface area (Å²) in [7, 11) is 0. The van der Waals surface area contributed by atoms with Gasteiger partial charge >= 0.3 is 0 Å². The Morgan fingerprint density at radius 2 is 2.07 bits per heavy atom. The van der Waals surface area contributed by atoms with Crippen molar-refractivity contribution in [1.29, 1.82) is 0 Å². The van der Waals surface area contributed by atoms with Crippen molar-refractivity contribution in [2.75, 3.05) is 38.2 Å². The molecule has 0 aliphatic carbocycles. The molecule has 1 saturated heterocycles. The Bertz CT molecular complexity index is 898. The minimum Gasteiger partial charge on any atom is -0.492 e. The van der Waals surface area contributed by atoms with Gasteiger partial charge in [-0.15, -0.1) is 11.3 Å². The number of benzene rings is 1. The molecule has 4 rings (SSSR count). The van der Waals surface area contributed by atoms with Crippen LogP contribution in [0.5, 0.6) is 5.75 Å². The average molecular weight is 412 g/mol. The predicted octanol–water partition coefficient (Wildman–Crippen LogP) is 3.43. The number of aliphatic hydroxyl groups excluding tert-OH is 1. The summed E-state index contributed by atoms with van der Waals surface area (Å²) >= 11 is 1.55. The van der Waals surface area contributed by atoms with Crippen molar-refractivity contribution in [2.45, 2.75) is 12.8 Å². The summed E-state index contributed by atoms with van der Waals surface area (Å²) in [6.07, 6.45) is 5.63. The highest BCUT2D eigenvalue weighted by atomic mass is 32.1. The number of hydrogen-bond acceptors (Lipinski definition) is 8. The van der Waals surface area contributed by atoms with Crippen LogP contribution in [0.4, 0.5) is 11.6 Å². The standard InChI is InChI=1S/C21H25N5O2S/c27-15-16-5-9-26(10-6-16)11-12-28-18-3-1-2-17(14-18)24-21-23-7-4-19(25-21)20-22-8-13-29-20/h1-4,7-8,13-14,16,27H,5-6,9-12,15H2,(H,23,24,25). The highest BCUT2D eigenvalue weighted by Gasteiger charge is 2.18. The Labute approximate surface area is 174 Å². The second kappa shape index (κ2) is 9.78. The first-order valence-corrected chi connectivity index (χ1v) is 10.7. The number of nitrogens with one attached hydrogen (secondary N) is 1. The molecule has 1 aliphatic heterocycles. The second-order valence-corrected chi connectivity index (χ2v) is 7.97. The number of hydrogen-bond donors (Lipinski definition) is 2. The summed E-state index contributed by atoms with van der Waals surface area (Å²) in [5, 5.41) is 15.3. The minimum absolute atomic E-state index is 0.306. The highest BCUT2D eigenvalue weighted by Crippen LogP contribution is 2.23. The predicted molar refractivity (Wildman–Crippen MR) is 115 cm³/mol. The monoisotopic (exact) mass is 411 g/mol. The van der Waals surface area contributed by atoms with Gasteiger partial charge in [-0.05, 0) is 50.0 Å². The molecule has 0 atom stereocenters. The van der Waals surface area contributed by atoms with E-state index in [1.807, 2.05) is 35.7 Å². The molecule has 1 fully saturated rings. The molecule has 0 radical (unpaired) electrons. The van der Waals surface area contributed by atoms with Crippen molar-refractivity contribution in [1.82, 2.24) is 19.9 Å². The maximum atomic E-state index is 9.24. The summed E-state index contributed by atoms with van der Waals surface area (Å²) < 4.78 is 5.94. The van der Waals surface area contributed by atoms with Gasteiger partial charge in [0.25, 0.3) is 0 Å². The number of nitrogens with zero attached hydrogens (tertiary/aromatic N) is 4. The lowest BCUT2D eigenvalue weighted by Gasteiger charge is -2.30. The van der Waals surface area contributed by atoms with Crippen molar-refractivity contribution in [3.05, 3.63) is 48.1 Å². The Hall–Kier alpha value is -2.55. The SMILES string of the molecule is OCC1CCN(CCOc2cccc(Nc3nccc(-c4nccs4)n3)c2)CC1. The van der Waals surface area contributed by atoms with Crippen LogP contribution in [-0.4, -0.2) is 57.8 Å². The van der Waals surface area contributed by atoms with Gasteiger partial charge in [0.15, 0.2) is 0 Å². The third kappa shape index (κ3) is 5.50. The maximum absolute atomic E-state index is 9.24. The quantitative estimate of drug-likeness (QED) is 0.587. The van der Waals surface area contributed by atoms with Crippen molar-refractivity contribution in [2.24, 2.45) is 5.92 Å². The molecular formula is C21H25N5O2S. The van der Waals surface area contributed by atoms with Crippen LogP contribution < -0.4 is 10.1 Å². The summed E-state index contributed by atoms with van der Waals surface area (Å²) in [6.45, 7) is 3.91. The number of piperidine rings is 1. The third-order valence-corrected chi connectivity index (χ3v) is 5.83. The molecule has 2 aromatic heterocycles. The Morgan fingerprint density at radius 3 is 2.86 bits per heavy atom. The molecule has 29 heavy (non-hydrogen) atoms. The number of aliphatic hydroxyl groups is 1. The first-order chi connectivity index (χ1) is 14.3. The molecular weight excluding hydrogens is 386 g/mol. The van der Waals surface area contributed by atoms with Crippen LogP contribution in [0.3, 0.4) is 0 Å². The molecule has 0 bridgehead atoms. The highest BCUT2D eigenvalue weighted by molar-refractivity contribution is 7.13. The van der Waals surface area contributed by atoms with Gasteiger partial charge < -0.3 is 15.2 Å². The minimum atomic E-state index is 0.306. The Balaban J connectivity index is 1.30. The molecule has 0 amide bonds. The molecule has 0 spiro atoms. The van der Waals surface area contributed by atoms with Gasteiger partial charge in [0.1, 0.15) is 23.1 Å². The van der Waals surface area contributed by atoms with Gasteiger partial charge in [-0.1, -0.05) is 6.07 Å². The van der Waals surface area contributed by atoms with Crippen LogP contribution in [0.15, 0.2) is 48.1 Å². The normalized spacial score (nSPS) is 15.3. The Kier molecular flexibility index (Phi) is 6.66. The lowest BCUT2D eigenvalue weighted by atomic mass is 9.98. The number of ether oxygens (including phenoxy) is 1. The van der Waals surface area contributed by atoms with E-state index in [4.69, 9.17) is 4.74 Å². The van der Waals surface area contributed by atoms with E-state index in [9.17, 15) is 5.11 Å². The fraction of sp³-hybridized carbons (Fsp3) is 0.381. The van der Waals surface area contributed by atoms with Crippen molar-refractivity contribution in [3.63, 3.8) is 0 Å². The molecule has 152 valence electrons. The van der Waals surface area contributed by atoms with Crippen LogP contribution in [0, 0.1) is 5.92 Å². The Morgan fingerprint density at radius 1 is 1.17 bits per heavy atom. The van der Waals surface area contributed by atoms with Crippen molar-refractivity contribution < 1.29 is 9.84 Å². The van der Waals surface area contributed by atoms with Gasteiger partial charge in [-0.25, -0.2) is 15.0 Å². The van der Waals surface area contributed by atoms with E-state index >= 15 is 0 Å². The van der Waals surface area contributed by atoms with Gasteiger partial charge in [-0.2, -0.15) is 0 Å². The number of thiazole rings is 1. The van der Waals surface area contributed by atoms with E-state index in [0.29, 0.717) is 25.1 Å². The molecule has 1 aliphatic rings. The number of rotatable bonds is 8. The van der Waals surface area contributed by atoms with E-state index in [2.05, 4.69) is 25.2 Å². The van der Waals surface area contributed by atoms with Crippen LogP contribution in [0.25, 0.3) is 10.7 Å². The first-order valence-electron chi connectivity index (χ1n) is 9.86. The average Bonchev–Trinajstić information content (AvgIpc) is 3.30. The van der Waals surface area contributed by atoms with Gasteiger partial charge in [-0.3, -0.25) is 4.90 Å². The number of aromatic nitrogens is 3. The lowest BCUT2D eigenvalue weighted by molar-refractivity contribution is 0.119. The zero-order chi connectivity index (χ0) is 19.9. The van der Waals surface area contributed by atoms with Gasteiger partial charge in [0.05, 0.1) is 0 Å². The molecule has 2 N–H and O–H groups in total. The molecule has 0 unspecified atom stereocenters. The fourth-order valence-electron chi connectivity index (χ4n) is 3.37. The first kappa shape index (κ1) is 19.8. The molecule has 3 heterocycles. The summed E-state index contributed by atoms with van der Waals surface area (Å²) in [4.78, 5) is 15.5. The van der Waals surface area contributed by atoms with Crippen LogP contribution in [0.2, 0.25) is 0 Å². The van der Waals surface area contributed by atoms with Gasteiger partial charge in [0, 0.05) is 42.7 Å². The molecule has 7 nitrogen and oxygen atoms in total. The van der Waals surface area contributed by atoms with Crippen molar-refractivity contribution in [3.8, 4) is 16.5 Å². The number of likely N-dealkylation sites (tertiary alicyclic amines) is 1. The summed E-state index contributed by atoms with van der Waals surface area (Å²) in [5.41, 5.74) is 1.68. The summed E-state index contributed by atoms with van der Waals surface area (Å²) in [6, 6.07) is 9.68. The van der Waals surface area contributed by atoms with E-state index in [0.717, 1.165) is 54.6 Å². The van der Waals surface area contributed by atoms with Crippen LogP contribution >= 0.6 is 11.3 Å². The zero-order valence-electron chi connectivity index (χ0n) is 16.2. The van der Waals surface area contributed by atoms with Gasteiger partial charge in [0.2, 0.25) is 5.95 Å². The van der Waals surface area contributed by atoms with Crippen molar-refractivity contribution >= 4 is 23.0 Å². The van der Waals surface area contributed by atoms with Crippen LogP contribution in [-0.2, 0) is 0 Å². The number of anilines is 2. The van der Waals surface area contributed by atoms with E-state index < -0.39 is 0 Å². The second-order valence-electron chi connectivity index (χ2n) is 7.07. The third-order valence-electron chi connectivity index (χ3n) is 5.04. The fourth-order valence-corrected chi connectivity index (χ4v) is 3.97. The smallest absolute Gasteiger partial charge is 0.227 e. The maximum Gasteiger partial charge on any atom is 0.227 e. The topological polar surface area (TPSA) is 83.4 Å². The molecule has 8 heteroatoms. The molecule has 1 aromatic carbocycles. The largest absolute Gasteiger partial charge is 0.492 e. The van der Waals surface area contributed by atoms with E-state index in [-0.39, 0.29) is 0 Å². The summed E-state index contributed by atoms with van der Waals surface area (Å²) in [5.74, 6) is 1.81. The lowest BCUT2D eigenvalue weighted by Crippen LogP contribution is -2.37. The van der Waals surface area contributed by atoms with Crippen LogP contribution in [0.1, 0.15) is 12.8 Å². The molecule has 3 aromatic rings. The van der Waals surface area contributed by atoms with E-state index in [1.165, 1.54) is 0 Å². The molecule has 0 saturated carbocycles. The zero-order valence-corrected chi connectivity index (χ0v) is 17.0.